The molecule has 0 atom stereocenters. The topological polar surface area (TPSA) is 51.6 Å². The summed E-state index contributed by atoms with van der Waals surface area (Å²) in [4.78, 5) is 22.5. The van der Waals surface area contributed by atoms with Gasteiger partial charge in [0.15, 0.2) is 17.5 Å². The van der Waals surface area contributed by atoms with E-state index in [-0.39, 0.29) is 0 Å². The summed E-state index contributed by atoms with van der Waals surface area (Å²) in [5, 5.41) is 0. The zero-order valence-electron chi connectivity index (χ0n) is 28.7. The van der Waals surface area contributed by atoms with E-state index in [0.29, 0.717) is 17.5 Å². The van der Waals surface area contributed by atoms with Gasteiger partial charge in [0.1, 0.15) is 0 Å². The van der Waals surface area contributed by atoms with Crippen molar-refractivity contribution in [1.82, 2.24) is 19.9 Å². The molecule has 0 bridgehead atoms. The number of hydrogen-bond acceptors (Lipinski definition) is 5. The lowest BCUT2D eigenvalue weighted by molar-refractivity contribution is 0.722. The predicted molar refractivity (Wildman–Crippen MR) is 210 cm³/mol. The average Bonchev–Trinajstić information content (AvgIpc) is 3.48. The summed E-state index contributed by atoms with van der Waals surface area (Å²) in [6.45, 7) is 4.08. The number of hydrogen-bond donors (Lipinski definition) is 0. The largest absolute Gasteiger partial charge is 0.258 e. The highest BCUT2D eigenvalue weighted by Gasteiger charge is 2.50. The maximum Gasteiger partial charge on any atom is 0.164 e. The number of aromatic nitrogens is 4. The van der Waals surface area contributed by atoms with Crippen molar-refractivity contribution in [2.45, 2.75) is 29.1 Å². The minimum atomic E-state index is -0.421. The van der Waals surface area contributed by atoms with Gasteiger partial charge in [0, 0.05) is 43.4 Å². The number of fused-ring (bicyclic) bond motifs is 9. The SMILES string of the molecule is Cc1ccc(-c2ccc(-c3nc(-c4ccccc4)nc(-c4ccc5c(c4)-c4ccccc4C54c5ccccc5Sc5ccccc54)n3)cc2)c(C)n1. The Bertz CT molecular complexity index is 2640. The predicted octanol–water partition coefficient (Wildman–Crippen LogP) is 11.4. The van der Waals surface area contributed by atoms with Crippen LogP contribution < -0.4 is 0 Å². The van der Waals surface area contributed by atoms with Crippen LogP contribution in [0.1, 0.15) is 33.6 Å². The van der Waals surface area contributed by atoms with E-state index < -0.39 is 5.41 Å². The second kappa shape index (κ2) is 12.0. The molecule has 0 radical (unpaired) electrons. The third-order valence-electron chi connectivity index (χ3n) is 10.5. The van der Waals surface area contributed by atoms with Gasteiger partial charge in [-0.05, 0) is 77.1 Å². The van der Waals surface area contributed by atoms with Gasteiger partial charge < -0.3 is 0 Å². The van der Waals surface area contributed by atoms with E-state index in [0.717, 1.165) is 39.2 Å². The van der Waals surface area contributed by atoms with Crippen LogP contribution in [0, 0.1) is 13.8 Å². The lowest BCUT2D eigenvalue weighted by atomic mass is 9.67. The van der Waals surface area contributed by atoms with Gasteiger partial charge in [-0.15, -0.1) is 0 Å². The van der Waals surface area contributed by atoms with Gasteiger partial charge in [-0.25, -0.2) is 15.0 Å². The second-order valence-electron chi connectivity index (χ2n) is 13.5. The first-order valence-electron chi connectivity index (χ1n) is 17.6. The van der Waals surface area contributed by atoms with E-state index in [2.05, 4.69) is 151 Å². The van der Waals surface area contributed by atoms with Crippen molar-refractivity contribution in [3.05, 3.63) is 191 Å². The van der Waals surface area contributed by atoms with Crippen LogP contribution in [0.25, 0.3) is 56.4 Å². The van der Waals surface area contributed by atoms with E-state index in [1.54, 1.807) is 0 Å². The highest BCUT2D eigenvalue weighted by atomic mass is 32.2. The van der Waals surface area contributed by atoms with E-state index >= 15 is 0 Å². The number of pyridine rings is 1. The average molecular weight is 685 g/mol. The van der Waals surface area contributed by atoms with Gasteiger partial charge in [-0.1, -0.05) is 145 Å². The fourth-order valence-electron chi connectivity index (χ4n) is 8.14. The van der Waals surface area contributed by atoms with E-state index in [4.69, 9.17) is 15.0 Å². The molecule has 8 aromatic rings. The lowest BCUT2D eigenvalue weighted by Gasteiger charge is -2.39. The van der Waals surface area contributed by atoms with E-state index in [1.165, 1.54) is 43.2 Å². The Hall–Kier alpha value is -6.17. The third-order valence-corrected chi connectivity index (χ3v) is 11.6. The summed E-state index contributed by atoms with van der Waals surface area (Å²) < 4.78 is 0. The number of aryl methyl sites for hydroxylation is 2. The second-order valence-corrected chi connectivity index (χ2v) is 14.6. The van der Waals surface area contributed by atoms with Gasteiger partial charge in [0.05, 0.1) is 5.41 Å². The molecule has 6 aromatic carbocycles. The van der Waals surface area contributed by atoms with E-state index in [1.807, 2.05) is 36.9 Å². The van der Waals surface area contributed by atoms with Gasteiger partial charge in [-0.2, -0.15) is 0 Å². The molecule has 0 saturated carbocycles. The van der Waals surface area contributed by atoms with Crippen molar-refractivity contribution in [3.63, 3.8) is 0 Å². The molecule has 5 heteroatoms. The van der Waals surface area contributed by atoms with Crippen molar-refractivity contribution in [3.8, 4) is 56.4 Å². The fourth-order valence-corrected chi connectivity index (χ4v) is 9.33. The van der Waals surface area contributed by atoms with Crippen LogP contribution in [0.5, 0.6) is 0 Å². The maximum absolute atomic E-state index is 5.15. The first-order valence-corrected chi connectivity index (χ1v) is 18.4. The molecule has 0 saturated heterocycles. The molecule has 52 heavy (non-hydrogen) atoms. The van der Waals surface area contributed by atoms with Crippen LogP contribution >= 0.6 is 11.8 Å². The molecule has 0 unspecified atom stereocenters. The summed E-state index contributed by atoms with van der Waals surface area (Å²) in [6.07, 6.45) is 0. The summed E-state index contributed by atoms with van der Waals surface area (Å²) in [5.41, 5.74) is 14.4. The number of rotatable bonds is 4. The quantitative estimate of drug-likeness (QED) is 0.185. The fraction of sp³-hybridized carbons (Fsp3) is 0.0638. The molecule has 4 nitrogen and oxygen atoms in total. The summed E-state index contributed by atoms with van der Waals surface area (Å²) in [7, 11) is 0. The molecular weight excluding hydrogens is 653 g/mol. The Labute approximate surface area is 307 Å². The van der Waals surface area contributed by atoms with Gasteiger partial charge in [-0.3, -0.25) is 4.98 Å². The Morgan fingerprint density at radius 2 is 0.904 bits per heavy atom. The molecule has 246 valence electrons. The van der Waals surface area contributed by atoms with Gasteiger partial charge in [0.25, 0.3) is 0 Å². The van der Waals surface area contributed by atoms with Crippen molar-refractivity contribution >= 4 is 11.8 Å². The normalized spacial score (nSPS) is 13.3. The first-order chi connectivity index (χ1) is 25.6. The maximum atomic E-state index is 5.15. The van der Waals surface area contributed by atoms with Gasteiger partial charge >= 0.3 is 0 Å². The van der Waals surface area contributed by atoms with Crippen LogP contribution in [0.4, 0.5) is 0 Å². The molecule has 2 aromatic heterocycles. The first kappa shape index (κ1) is 30.6. The molecule has 10 rings (SSSR count). The monoisotopic (exact) mass is 684 g/mol. The van der Waals surface area contributed by atoms with Crippen molar-refractivity contribution < 1.29 is 0 Å². The third kappa shape index (κ3) is 4.70. The number of nitrogens with zero attached hydrogens (tertiary/aromatic N) is 4. The summed E-state index contributed by atoms with van der Waals surface area (Å²) >= 11 is 1.86. The molecule has 0 amide bonds. The van der Waals surface area contributed by atoms with Crippen LogP contribution in [-0.4, -0.2) is 19.9 Å². The Balaban J connectivity index is 1.15. The van der Waals surface area contributed by atoms with Crippen molar-refractivity contribution in [2.75, 3.05) is 0 Å². The molecule has 1 aliphatic carbocycles. The molecule has 2 aliphatic rings. The van der Waals surface area contributed by atoms with Gasteiger partial charge in [0.2, 0.25) is 0 Å². The number of benzene rings is 6. The van der Waals surface area contributed by atoms with Crippen molar-refractivity contribution in [1.29, 1.82) is 0 Å². The molecular formula is C47H32N4S. The Morgan fingerprint density at radius 1 is 0.385 bits per heavy atom. The summed E-state index contributed by atoms with van der Waals surface area (Å²) in [6, 6.07) is 56.3. The standard InChI is InChI=1S/C47H32N4S/c1-29-20-26-35(30(2)48-29)31-21-23-33(24-22-31)45-49-44(32-12-4-3-5-13-32)50-46(51-45)34-25-27-39-37(28-34)36-14-6-7-15-38(36)47(39)40-16-8-10-18-42(40)52-43-19-11-9-17-41(43)47/h3-28H,1-2H3. The van der Waals surface area contributed by atoms with E-state index in [9.17, 15) is 0 Å². The molecule has 0 N–H and O–H groups in total. The minimum absolute atomic E-state index is 0.421. The van der Waals surface area contributed by atoms with Crippen molar-refractivity contribution in [2.24, 2.45) is 0 Å². The Morgan fingerprint density at radius 3 is 1.58 bits per heavy atom. The Kier molecular flexibility index (Phi) is 7.05. The summed E-state index contributed by atoms with van der Waals surface area (Å²) in [5.74, 6) is 1.93. The highest BCUT2D eigenvalue weighted by Crippen LogP contribution is 2.62. The smallest absolute Gasteiger partial charge is 0.164 e. The lowest BCUT2D eigenvalue weighted by Crippen LogP contribution is -2.31. The molecule has 1 aliphatic heterocycles. The van der Waals surface area contributed by atoms with Crippen LogP contribution in [-0.2, 0) is 5.41 Å². The molecule has 3 heterocycles. The zero-order valence-corrected chi connectivity index (χ0v) is 29.5. The highest BCUT2D eigenvalue weighted by molar-refractivity contribution is 7.99. The molecule has 0 fully saturated rings. The van der Waals surface area contributed by atoms with Crippen LogP contribution in [0.2, 0.25) is 0 Å². The minimum Gasteiger partial charge on any atom is -0.258 e. The van der Waals surface area contributed by atoms with Crippen LogP contribution in [0.3, 0.4) is 0 Å². The zero-order chi connectivity index (χ0) is 34.8. The van der Waals surface area contributed by atoms with Crippen LogP contribution in [0.15, 0.2) is 168 Å². The molecule has 1 spiro atoms.